The second kappa shape index (κ2) is 4.99. The number of carbonyl (C=O) groups is 1. The number of benzene rings is 1. The lowest BCUT2D eigenvalue weighted by Crippen LogP contribution is -2.18. The molecule has 0 radical (unpaired) electrons. The van der Waals surface area contributed by atoms with Crippen LogP contribution >= 0.6 is 0 Å². The predicted molar refractivity (Wildman–Crippen MR) is 55.3 cm³/mol. The van der Waals surface area contributed by atoms with E-state index in [1.807, 2.05) is 0 Å². The number of rotatable bonds is 3. The van der Waals surface area contributed by atoms with Crippen molar-refractivity contribution < 1.29 is 13.4 Å². The fraction of sp³-hybridized carbons (Fsp3) is 0.222. The van der Waals surface area contributed by atoms with Crippen molar-refractivity contribution in [2.75, 3.05) is 12.9 Å². The highest BCUT2D eigenvalue weighted by Gasteiger charge is 2.12. The Morgan fingerprint density at radius 1 is 1.60 bits per heavy atom. The standard InChI is InChI=1S/C9H11FN2O2S/c1-12-9(13)6-2-3-7(10)8(4-6)15(14)5-11/h2-4H,5,11H2,1H3,(H,12,13). The number of amides is 1. The van der Waals surface area contributed by atoms with Crippen LogP contribution in [0, 0.1) is 5.82 Å². The monoisotopic (exact) mass is 230 g/mol. The summed E-state index contributed by atoms with van der Waals surface area (Å²) in [5.74, 6) is -1.15. The molecule has 1 aromatic rings. The first-order chi connectivity index (χ1) is 7.10. The van der Waals surface area contributed by atoms with Gasteiger partial charge in [0.2, 0.25) is 0 Å². The molecule has 0 saturated carbocycles. The molecule has 0 aliphatic heterocycles. The molecule has 0 aromatic heterocycles. The quantitative estimate of drug-likeness (QED) is 0.779. The highest BCUT2D eigenvalue weighted by Crippen LogP contribution is 2.14. The molecule has 0 saturated heterocycles. The van der Waals surface area contributed by atoms with E-state index in [9.17, 15) is 13.4 Å². The summed E-state index contributed by atoms with van der Waals surface area (Å²) in [4.78, 5) is 11.2. The van der Waals surface area contributed by atoms with E-state index in [0.717, 1.165) is 6.07 Å². The van der Waals surface area contributed by atoms with Gasteiger partial charge in [-0.15, -0.1) is 0 Å². The van der Waals surface area contributed by atoms with Gasteiger partial charge in [0.05, 0.1) is 21.6 Å². The third-order valence-corrected chi connectivity index (χ3v) is 2.92. The smallest absolute Gasteiger partial charge is 0.251 e. The summed E-state index contributed by atoms with van der Waals surface area (Å²) in [6, 6.07) is 3.68. The van der Waals surface area contributed by atoms with Crippen molar-refractivity contribution in [2.45, 2.75) is 4.90 Å². The Morgan fingerprint density at radius 3 is 2.80 bits per heavy atom. The zero-order chi connectivity index (χ0) is 11.4. The van der Waals surface area contributed by atoms with Crippen molar-refractivity contribution in [3.05, 3.63) is 29.6 Å². The van der Waals surface area contributed by atoms with Gasteiger partial charge in [0.1, 0.15) is 5.82 Å². The summed E-state index contributed by atoms with van der Waals surface area (Å²) < 4.78 is 24.5. The van der Waals surface area contributed by atoms with Crippen LogP contribution in [0.3, 0.4) is 0 Å². The predicted octanol–water partition coefficient (Wildman–Crippen LogP) is 0.209. The van der Waals surface area contributed by atoms with Crippen molar-refractivity contribution in [3.63, 3.8) is 0 Å². The second-order valence-corrected chi connectivity index (χ2v) is 4.20. The van der Waals surface area contributed by atoms with Crippen LogP contribution in [-0.2, 0) is 10.8 Å². The Morgan fingerprint density at radius 2 is 2.27 bits per heavy atom. The zero-order valence-corrected chi connectivity index (χ0v) is 8.94. The highest BCUT2D eigenvalue weighted by molar-refractivity contribution is 7.85. The molecule has 6 heteroatoms. The summed E-state index contributed by atoms with van der Waals surface area (Å²) >= 11 is 0. The first-order valence-corrected chi connectivity index (χ1v) is 5.52. The molecule has 0 aliphatic carbocycles. The summed E-state index contributed by atoms with van der Waals surface area (Å²) in [7, 11) is -0.144. The molecule has 4 nitrogen and oxygen atoms in total. The molecule has 0 bridgehead atoms. The first-order valence-electron chi connectivity index (χ1n) is 4.20. The normalized spacial score (nSPS) is 12.2. The molecule has 1 amide bonds. The van der Waals surface area contributed by atoms with E-state index in [1.54, 1.807) is 0 Å². The van der Waals surface area contributed by atoms with Crippen molar-refractivity contribution in [3.8, 4) is 0 Å². The molecule has 0 fully saturated rings. The molecular formula is C9H11FN2O2S. The van der Waals surface area contributed by atoms with Gasteiger partial charge in [-0.3, -0.25) is 9.00 Å². The minimum atomic E-state index is -1.61. The lowest BCUT2D eigenvalue weighted by Gasteiger charge is -2.04. The van der Waals surface area contributed by atoms with Crippen LogP contribution in [-0.4, -0.2) is 23.0 Å². The van der Waals surface area contributed by atoms with E-state index in [-0.39, 0.29) is 22.2 Å². The molecule has 0 aliphatic rings. The van der Waals surface area contributed by atoms with Gasteiger partial charge in [-0.1, -0.05) is 0 Å². The van der Waals surface area contributed by atoms with E-state index in [2.05, 4.69) is 5.32 Å². The lowest BCUT2D eigenvalue weighted by atomic mass is 10.2. The van der Waals surface area contributed by atoms with Crippen LogP contribution in [0.1, 0.15) is 10.4 Å². The minimum Gasteiger partial charge on any atom is -0.355 e. The first kappa shape index (κ1) is 11.8. The van der Waals surface area contributed by atoms with Gasteiger partial charge in [0.25, 0.3) is 5.91 Å². The molecule has 82 valence electrons. The molecule has 0 spiro atoms. The third-order valence-electron chi connectivity index (χ3n) is 1.82. The summed E-state index contributed by atoms with van der Waals surface area (Å²) in [6.45, 7) is 0. The minimum absolute atomic E-state index is 0.0430. The van der Waals surface area contributed by atoms with Crippen molar-refractivity contribution >= 4 is 16.7 Å². The highest BCUT2D eigenvalue weighted by atomic mass is 32.2. The summed E-state index contributed by atoms with van der Waals surface area (Å²) in [5.41, 5.74) is 5.42. The maximum Gasteiger partial charge on any atom is 0.251 e. The number of nitrogens with two attached hydrogens (primary N) is 1. The Bertz CT molecular complexity index is 409. The van der Waals surface area contributed by atoms with E-state index in [4.69, 9.17) is 5.73 Å². The Balaban J connectivity index is 3.16. The van der Waals surface area contributed by atoms with E-state index >= 15 is 0 Å². The summed E-state index contributed by atoms with van der Waals surface area (Å²) in [5, 5.41) is 2.39. The van der Waals surface area contributed by atoms with Gasteiger partial charge in [-0.25, -0.2) is 4.39 Å². The molecule has 1 atom stereocenters. The van der Waals surface area contributed by atoms with Crippen molar-refractivity contribution in [1.82, 2.24) is 5.32 Å². The van der Waals surface area contributed by atoms with Crippen molar-refractivity contribution in [1.29, 1.82) is 0 Å². The van der Waals surface area contributed by atoms with Crippen LogP contribution in [0.4, 0.5) is 4.39 Å². The van der Waals surface area contributed by atoms with Gasteiger partial charge in [0, 0.05) is 12.6 Å². The number of hydrogen-bond acceptors (Lipinski definition) is 3. The molecule has 3 N–H and O–H groups in total. The molecular weight excluding hydrogens is 219 g/mol. The van der Waals surface area contributed by atoms with Gasteiger partial charge >= 0.3 is 0 Å². The average molecular weight is 230 g/mol. The largest absolute Gasteiger partial charge is 0.355 e. The Kier molecular flexibility index (Phi) is 3.93. The van der Waals surface area contributed by atoms with Gasteiger partial charge in [-0.2, -0.15) is 0 Å². The third kappa shape index (κ3) is 2.60. The van der Waals surface area contributed by atoms with Gasteiger partial charge in [-0.05, 0) is 18.2 Å². The van der Waals surface area contributed by atoms with Crippen LogP contribution in [0.5, 0.6) is 0 Å². The maximum absolute atomic E-state index is 13.2. The average Bonchev–Trinajstić information content (AvgIpc) is 2.27. The number of halogens is 1. The van der Waals surface area contributed by atoms with E-state index in [1.165, 1.54) is 19.2 Å². The van der Waals surface area contributed by atoms with Crippen LogP contribution in [0.15, 0.2) is 23.1 Å². The van der Waals surface area contributed by atoms with Gasteiger partial charge in [0.15, 0.2) is 0 Å². The Hall–Kier alpha value is -1.27. The zero-order valence-electron chi connectivity index (χ0n) is 8.12. The fourth-order valence-corrected chi connectivity index (χ4v) is 1.78. The van der Waals surface area contributed by atoms with Crippen LogP contribution in [0.2, 0.25) is 0 Å². The topological polar surface area (TPSA) is 72.2 Å². The summed E-state index contributed by atoms with van der Waals surface area (Å²) in [6.07, 6.45) is 0. The van der Waals surface area contributed by atoms with E-state index in [0.29, 0.717) is 0 Å². The van der Waals surface area contributed by atoms with Crippen LogP contribution < -0.4 is 11.1 Å². The molecule has 0 heterocycles. The molecule has 15 heavy (non-hydrogen) atoms. The number of nitrogens with one attached hydrogen (secondary N) is 1. The van der Waals surface area contributed by atoms with Crippen LogP contribution in [0.25, 0.3) is 0 Å². The molecule has 1 rings (SSSR count). The second-order valence-electron chi connectivity index (χ2n) is 2.74. The van der Waals surface area contributed by atoms with E-state index < -0.39 is 16.6 Å². The lowest BCUT2D eigenvalue weighted by molar-refractivity contribution is 0.0963. The number of carbonyl (C=O) groups excluding carboxylic acids is 1. The Labute approximate surface area is 89.1 Å². The maximum atomic E-state index is 13.2. The van der Waals surface area contributed by atoms with Gasteiger partial charge < -0.3 is 11.1 Å². The number of hydrogen-bond donors (Lipinski definition) is 2. The molecule has 1 unspecified atom stereocenters. The SMILES string of the molecule is CNC(=O)c1ccc(F)c(S(=O)CN)c1. The van der Waals surface area contributed by atoms with Crippen molar-refractivity contribution in [2.24, 2.45) is 5.73 Å². The fourth-order valence-electron chi connectivity index (χ4n) is 1.05. The molecule has 1 aromatic carbocycles.